The number of aromatic amines is 1. The molecule has 0 bridgehead atoms. The van der Waals surface area contributed by atoms with E-state index in [-0.39, 0.29) is 18.0 Å². The number of hydrazone groups is 1. The Kier molecular flexibility index (Phi) is 5.59. The fourth-order valence-corrected chi connectivity index (χ4v) is 3.61. The third-order valence-electron chi connectivity index (χ3n) is 5.12. The van der Waals surface area contributed by atoms with Gasteiger partial charge in [-0.1, -0.05) is 30.3 Å². The van der Waals surface area contributed by atoms with E-state index in [9.17, 15) is 4.79 Å². The van der Waals surface area contributed by atoms with Gasteiger partial charge in [0.15, 0.2) is 0 Å². The van der Waals surface area contributed by atoms with Crippen molar-refractivity contribution in [2.24, 2.45) is 5.10 Å². The van der Waals surface area contributed by atoms with Crippen LogP contribution in [0, 0.1) is 6.92 Å². The molecular formula is C22H25N5O2. The minimum atomic E-state index is -0.354. The highest BCUT2D eigenvalue weighted by Gasteiger charge is 2.30. The average molecular weight is 391 g/mol. The number of H-pyrrole nitrogens is 1. The van der Waals surface area contributed by atoms with Crippen LogP contribution in [0.4, 0.5) is 0 Å². The number of rotatable bonds is 6. The number of carbonyl (C=O) groups excluding carboxylic acids is 1. The number of hydrogen-bond donors (Lipinski definition) is 4. The van der Waals surface area contributed by atoms with E-state index in [1.165, 1.54) is 0 Å². The molecule has 1 saturated heterocycles. The van der Waals surface area contributed by atoms with Gasteiger partial charge in [-0.2, -0.15) is 5.10 Å². The van der Waals surface area contributed by atoms with Gasteiger partial charge in [0.25, 0.3) is 5.91 Å². The van der Waals surface area contributed by atoms with Crippen LogP contribution < -0.4 is 21.0 Å². The number of nitrogens with zero attached hydrogens (tertiary/aromatic N) is 1. The first-order valence-electron chi connectivity index (χ1n) is 9.79. The van der Waals surface area contributed by atoms with E-state index in [0.717, 1.165) is 33.5 Å². The molecule has 2 heterocycles. The van der Waals surface area contributed by atoms with E-state index in [1.54, 1.807) is 6.21 Å². The molecule has 2 aromatic carbocycles. The lowest BCUT2D eigenvalue weighted by Crippen LogP contribution is -2.41. The predicted octanol–water partition coefficient (Wildman–Crippen LogP) is 2.93. The molecule has 4 N–H and O–H groups in total. The second kappa shape index (κ2) is 8.46. The van der Waals surface area contributed by atoms with Gasteiger partial charge in [-0.15, -0.1) is 0 Å². The third-order valence-corrected chi connectivity index (χ3v) is 5.12. The molecule has 150 valence electrons. The molecule has 1 fully saturated rings. The number of benzene rings is 2. The lowest BCUT2D eigenvalue weighted by Gasteiger charge is -2.10. The van der Waals surface area contributed by atoms with Crippen molar-refractivity contribution in [3.63, 3.8) is 0 Å². The van der Waals surface area contributed by atoms with E-state index in [0.29, 0.717) is 13.0 Å². The molecule has 1 aliphatic rings. The standard InChI is InChI=1S/C22H25N5O2/c1-3-29-16-10-8-15(9-11-16)20-12-21(26-25-20)22(28)27-23-13-18-14(2)24-19-7-5-4-6-17(18)19/h4-11,13,20-21,24-26H,3,12H2,1-2H3,(H,27,28)/b23-13+. The van der Waals surface area contributed by atoms with Crippen molar-refractivity contribution in [1.29, 1.82) is 0 Å². The molecule has 3 aromatic rings. The van der Waals surface area contributed by atoms with Crippen LogP contribution in [0.1, 0.15) is 36.2 Å². The number of fused-ring (bicyclic) bond motifs is 1. The summed E-state index contributed by atoms with van der Waals surface area (Å²) in [6.07, 6.45) is 2.33. The maximum atomic E-state index is 12.5. The zero-order chi connectivity index (χ0) is 20.2. The molecule has 0 aliphatic carbocycles. The minimum Gasteiger partial charge on any atom is -0.494 e. The molecule has 4 rings (SSSR count). The zero-order valence-electron chi connectivity index (χ0n) is 16.5. The second-order valence-corrected chi connectivity index (χ2v) is 7.08. The Bertz CT molecular complexity index is 1030. The normalized spacial score (nSPS) is 19.1. The molecular weight excluding hydrogens is 366 g/mol. The van der Waals surface area contributed by atoms with Crippen LogP contribution in [-0.4, -0.2) is 29.8 Å². The summed E-state index contributed by atoms with van der Waals surface area (Å²) in [6.45, 7) is 4.60. The Labute approximate surface area is 169 Å². The van der Waals surface area contributed by atoms with E-state index in [2.05, 4.69) is 26.4 Å². The molecule has 7 heteroatoms. The molecule has 1 aliphatic heterocycles. The van der Waals surface area contributed by atoms with Crippen LogP contribution in [0.3, 0.4) is 0 Å². The smallest absolute Gasteiger partial charge is 0.258 e. The van der Waals surface area contributed by atoms with Gasteiger partial charge >= 0.3 is 0 Å². The number of hydrogen-bond acceptors (Lipinski definition) is 5. The Morgan fingerprint density at radius 1 is 1.21 bits per heavy atom. The molecule has 0 radical (unpaired) electrons. The third kappa shape index (κ3) is 4.16. The largest absolute Gasteiger partial charge is 0.494 e. The summed E-state index contributed by atoms with van der Waals surface area (Å²) < 4.78 is 5.47. The van der Waals surface area contributed by atoms with Crippen LogP contribution >= 0.6 is 0 Å². The fourth-order valence-electron chi connectivity index (χ4n) is 3.61. The monoisotopic (exact) mass is 391 g/mol. The summed E-state index contributed by atoms with van der Waals surface area (Å²) >= 11 is 0. The molecule has 7 nitrogen and oxygen atoms in total. The molecule has 1 aromatic heterocycles. The number of aryl methyl sites for hydroxylation is 1. The molecule has 0 saturated carbocycles. The van der Waals surface area contributed by atoms with E-state index < -0.39 is 0 Å². The summed E-state index contributed by atoms with van der Waals surface area (Å²) in [4.78, 5) is 15.8. The van der Waals surface area contributed by atoms with Gasteiger partial charge in [0.05, 0.1) is 12.8 Å². The highest BCUT2D eigenvalue weighted by molar-refractivity contribution is 6.00. The number of para-hydroxylation sites is 1. The second-order valence-electron chi connectivity index (χ2n) is 7.08. The molecule has 0 spiro atoms. The highest BCUT2D eigenvalue weighted by Crippen LogP contribution is 2.24. The lowest BCUT2D eigenvalue weighted by atomic mass is 10.0. The van der Waals surface area contributed by atoms with Gasteiger partial charge in [0.2, 0.25) is 0 Å². The number of nitrogens with one attached hydrogen (secondary N) is 4. The van der Waals surface area contributed by atoms with Crippen LogP contribution in [0.15, 0.2) is 53.6 Å². The van der Waals surface area contributed by atoms with Crippen molar-refractivity contribution in [2.45, 2.75) is 32.4 Å². The van der Waals surface area contributed by atoms with Crippen molar-refractivity contribution in [1.82, 2.24) is 21.3 Å². The van der Waals surface area contributed by atoms with E-state index >= 15 is 0 Å². The first-order valence-corrected chi connectivity index (χ1v) is 9.79. The zero-order valence-corrected chi connectivity index (χ0v) is 16.5. The maximum Gasteiger partial charge on any atom is 0.258 e. The van der Waals surface area contributed by atoms with Crippen molar-refractivity contribution >= 4 is 23.0 Å². The number of hydrazine groups is 1. The van der Waals surface area contributed by atoms with Gasteiger partial charge < -0.3 is 9.72 Å². The van der Waals surface area contributed by atoms with Crippen molar-refractivity contribution in [3.8, 4) is 5.75 Å². The summed E-state index contributed by atoms with van der Waals surface area (Å²) in [6, 6.07) is 15.7. The quantitative estimate of drug-likeness (QED) is 0.384. The molecule has 1 amide bonds. The number of ether oxygens (including phenoxy) is 1. The number of carbonyl (C=O) groups is 1. The summed E-state index contributed by atoms with van der Waals surface area (Å²) in [5.74, 6) is 0.679. The number of aromatic nitrogens is 1. The van der Waals surface area contributed by atoms with Crippen molar-refractivity contribution in [3.05, 3.63) is 65.4 Å². The SMILES string of the molecule is CCOc1ccc(C2CC(C(=O)N/N=C/c3c(C)[nH]c4ccccc34)NN2)cc1. The van der Waals surface area contributed by atoms with Crippen LogP contribution in [0.25, 0.3) is 10.9 Å². The molecule has 2 atom stereocenters. The first-order chi connectivity index (χ1) is 14.2. The topological polar surface area (TPSA) is 90.5 Å². The van der Waals surface area contributed by atoms with E-state index in [4.69, 9.17) is 4.74 Å². The highest BCUT2D eigenvalue weighted by atomic mass is 16.5. The van der Waals surface area contributed by atoms with Gasteiger partial charge in [0.1, 0.15) is 11.8 Å². The van der Waals surface area contributed by atoms with Crippen LogP contribution in [-0.2, 0) is 4.79 Å². The summed E-state index contributed by atoms with van der Waals surface area (Å²) in [7, 11) is 0. The molecule has 29 heavy (non-hydrogen) atoms. The number of amides is 1. The molecule has 2 unspecified atom stereocenters. The van der Waals surface area contributed by atoms with E-state index in [1.807, 2.05) is 62.4 Å². The van der Waals surface area contributed by atoms with Crippen LogP contribution in [0.5, 0.6) is 5.75 Å². The lowest BCUT2D eigenvalue weighted by molar-refractivity contribution is -0.122. The first kappa shape index (κ1) is 19.2. The van der Waals surface area contributed by atoms with Crippen molar-refractivity contribution < 1.29 is 9.53 Å². The minimum absolute atomic E-state index is 0.0567. The fraction of sp³-hybridized carbons (Fsp3) is 0.273. The Morgan fingerprint density at radius 2 is 2.00 bits per heavy atom. The maximum absolute atomic E-state index is 12.5. The van der Waals surface area contributed by atoms with Gasteiger partial charge in [-0.25, -0.2) is 16.3 Å². The average Bonchev–Trinajstić information content (AvgIpc) is 3.34. The predicted molar refractivity (Wildman–Crippen MR) is 114 cm³/mol. The van der Waals surface area contributed by atoms with Crippen molar-refractivity contribution in [2.75, 3.05) is 6.61 Å². The van der Waals surface area contributed by atoms with Gasteiger partial charge in [-0.3, -0.25) is 4.79 Å². The summed E-state index contributed by atoms with van der Waals surface area (Å²) in [5.41, 5.74) is 13.0. The Morgan fingerprint density at radius 3 is 2.79 bits per heavy atom. The Balaban J connectivity index is 1.35. The summed E-state index contributed by atoms with van der Waals surface area (Å²) in [5, 5.41) is 5.25. The van der Waals surface area contributed by atoms with Gasteiger partial charge in [-0.05, 0) is 44.0 Å². The van der Waals surface area contributed by atoms with Crippen LogP contribution in [0.2, 0.25) is 0 Å². The van der Waals surface area contributed by atoms with Gasteiger partial charge in [0, 0.05) is 28.2 Å². The Hall–Kier alpha value is -3.16.